The zero-order valence-corrected chi connectivity index (χ0v) is 10.5. The van der Waals surface area contributed by atoms with E-state index < -0.39 is 5.97 Å². The third kappa shape index (κ3) is 3.74. The van der Waals surface area contributed by atoms with Crippen molar-refractivity contribution in [3.63, 3.8) is 0 Å². The summed E-state index contributed by atoms with van der Waals surface area (Å²) in [6, 6.07) is 15.2. The number of carboxylic acid groups (broad SMARTS) is 1. The molecule has 0 amide bonds. The molecule has 0 fully saturated rings. The Morgan fingerprint density at radius 3 is 2.53 bits per heavy atom. The number of nitrogens with one attached hydrogen (secondary N) is 1. The van der Waals surface area contributed by atoms with Crippen LogP contribution in [0, 0.1) is 0 Å². The summed E-state index contributed by atoms with van der Waals surface area (Å²) >= 11 is 0. The van der Waals surface area contributed by atoms with Gasteiger partial charge in [0.2, 0.25) is 0 Å². The first-order valence-electron chi connectivity index (χ1n) is 6.03. The van der Waals surface area contributed by atoms with Crippen LogP contribution in [0.2, 0.25) is 0 Å². The highest BCUT2D eigenvalue weighted by molar-refractivity contribution is 5.73. The number of hydrogen-bond donors (Lipinski definition) is 3. The standard InChI is InChI=1S/C15H16N2O2/c16-13-7-6-12(9-15(18)19)8-14(13)17-10-11-4-2-1-3-5-11/h1-8,17H,9-10,16H2,(H,18,19). The summed E-state index contributed by atoms with van der Waals surface area (Å²) in [7, 11) is 0. The summed E-state index contributed by atoms with van der Waals surface area (Å²) in [6.07, 6.45) is 0.000295. The smallest absolute Gasteiger partial charge is 0.307 e. The fourth-order valence-corrected chi connectivity index (χ4v) is 1.83. The average Bonchev–Trinajstić information content (AvgIpc) is 2.40. The number of rotatable bonds is 5. The molecule has 19 heavy (non-hydrogen) atoms. The van der Waals surface area contributed by atoms with Crippen LogP contribution in [0.1, 0.15) is 11.1 Å². The van der Waals surface area contributed by atoms with Crippen LogP contribution >= 0.6 is 0 Å². The molecular weight excluding hydrogens is 240 g/mol. The van der Waals surface area contributed by atoms with Gasteiger partial charge in [-0.15, -0.1) is 0 Å². The Hall–Kier alpha value is -2.49. The van der Waals surface area contributed by atoms with Crippen LogP contribution in [0.4, 0.5) is 11.4 Å². The van der Waals surface area contributed by atoms with Gasteiger partial charge in [0.05, 0.1) is 17.8 Å². The minimum Gasteiger partial charge on any atom is -0.481 e. The van der Waals surface area contributed by atoms with Gasteiger partial charge in [0.15, 0.2) is 0 Å². The molecule has 4 N–H and O–H groups in total. The molecule has 0 unspecified atom stereocenters. The number of hydrogen-bond acceptors (Lipinski definition) is 3. The van der Waals surface area contributed by atoms with Gasteiger partial charge < -0.3 is 16.2 Å². The minimum absolute atomic E-state index is 0.000295. The second-order valence-electron chi connectivity index (χ2n) is 4.33. The summed E-state index contributed by atoms with van der Waals surface area (Å²) in [5.74, 6) is -0.848. The first-order chi connectivity index (χ1) is 9.15. The van der Waals surface area contributed by atoms with Crippen LogP contribution in [-0.4, -0.2) is 11.1 Å². The third-order valence-corrected chi connectivity index (χ3v) is 2.80. The number of benzene rings is 2. The van der Waals surface area contributed by atoms with E-state index in [0.717, 1.165) is 16.8 Å². The van der Waals surface area contributed by atoms with E-state index in [1.54, 1.807) is 18.2 Å². The van der Waals surface area contributed by atoms with Crippen molar-refractivity contribution in [1.29, 1.82) is 0 Å². The molecule has 98 valence electrons. The second-order valence-corrected chi connectivity index (χ2v) is 4.33. The molecule has 0 spiro atoms. The van der Waals surface area contributed by atoms with Gasteiger partial charge in [-0.2, -0.15) is 0 Å². The molecular formula is C15H16N2O2. The number of carbonyl (C=O) groups is 1. The van der Waals surface area contributed by atoms with Crippen molar-refractivity contribution >= 4 is 17.3 Å². The SMILES string of the molecule is Nc1ccc(CC(=O)O)cc1NCc1ccccc1. The van der Waals surface area contributed by atoms with Crippen LogP contribution in [0.15, 0.2) is 48.5 Å². The summed E-state index contributed by atoms with van der Waals surface area (Å²) in [5, 5.41) is 12.0. The Bertz CT molecular complexity index is 568. The number of aliphatic carboxylic acids is 1. The fraction of sp³-hybridized carbons (Fsp3) is 0.133. The molecule has 2 rings (SSSR count). The predicted octanol–water partition coefficient (Wildman–Crippen LogP) is 2.51. The number of nitrogen functional groups attached to an aromatic ring is 1. The number of carboxylic acids is 1. The first-order valence-corrected chi connectivity index (χ1v) is 6.03. The van der Waals surface area contributed by atoms with Gasteiger partial charge in [0.25, 0.3) is 0 Å². The van der Waals surface area contributed by atoms with Crippen molar-refractivity contribution in [2.75, 3.05) is 11.1 Å². The number of anilines is 2. The topological polar surface area (TPSA) is 75.4 Å². The van der Waals surface area contributed by atoms with Crippen LogP contribution in [-0.2, 0) is 17.8 Å². The molecule has 2 aromatic rings. The lowest BCUT2D eigenvalue weighted by molar-refractivity contribution is -0.136. The first kappa shape index (κ1) is 13.0. The van der Waals surface area contributed by atoms with Crippen molar-refractivity contribution in [2.24, 2.45) is 0 Å². The van der Waals surface area contributed by atoms with Gasteiger partial charge in [-0.05, 0) is 23.3 Å². The molecule has 4 heteroatoms. The highest BCUT2D eigenvalue weighted by Gasteiger charge is 2.04. The van der Waals surface area contributed by atoms with E-state index in [-0.39, 0.29) is 6.42 Å². The van der Waals surface area contributed by atoms with Crippen LogP contribution < -0.4 is 11.1 Å². The molecule has 0 aliphatic rings. The summed E-state index contributed by atoms with van der Waals surface area (Å²) in [5.41, 5.74) is 9.13. The molecule has 0 radical (unpaired) electrons. The maximum Gasteiger partial charge on any atom is 0.307 e. The molecule has 0 saturated heterocycles. The van der Waals surface area contributed by atoms with Crippen LogP contribution in [0.3, 0.4) is 0 Å². The van der Waals surface area contributed by atoms with Crippen molar-refractivity contribution < 1.29 is 9.90 Å². The lowest BCUT2D eigenvalue weighted by Crippen LogP contribution is -2.05. The lowest BCUT2D eigenvalue weighted by atomic mass is 10.1. The normalized spacial score (nSPS) is 10.1. The lowest BCUT2D eigenvalue weighted by Gasteiger charge is -2.11. The van der Waals surface area contributed by atoms with Crippen molar-refractivity contribution in [2.45, 2.75) is 13.0 Å². The Kier molecular flexibility index (Phi) is 4.03. The Balaban J connectivity index is 2.08. The van der Waals surface area contributed by atoms with E-state index in [4.69, 9.17) is 10.8 Å². The zero-order valence-electron chi connectivity index (χ0n) is 10.5. The maximum absolute atomic E-state index is 10.7. The minimum atomic E-state index is -0.848. The molecule has 0 bridgehead atoms. The molecule has 0 heterocycles. The number of nitrogens with two attached hydrogens (primary N) is 1. The average molecular weight is 256 g/mol. The van der Waals surface area contributed by atoms with E-state index in [2.05, 4.69) is 5.32 Å². The van der Waals surface area contributed by atoms with E-state index in [0.29, 0.717) is 12.2 Å². The van der Waals surface area contributed by atoms with Gasteiger partial charge in [-0.1, -0.05) is 36.4 Å². The van der Waals surface area contributed by atoms with E-state index in [9.17, 15) is 4.79 Å². The fourth-order valence-electron chi connectivity index (χ4n) is 1.83. The quantitative estimate of drug-likeness (QED) is 0.718. The highest BCUT2D eigenvalue weighted by Crippen LogP contribution is 2.21. The molecule has 0 atom stereocenters. The van der Waals surface area contributed by atoms with Gasteiger partial charge in [-0.25, -0.2) is 0 Å². The van der Waals surface area contributed by atoms with E-state index >= 15 is 0 Å². The second kappa shape index (κ2) is 5.91. The molecule has 2 aromatic carbocycles. The summed E-state index contributed by atoms with van der Waals surface area (Å²) < 4.78 is 0. The van der Waals surface area contributed by atoms with Crippen molar-refractivity contribution in [3.05, 3.63) is 59.7 Å². The van der Waals surface area contributed by atoms with Gasteiger partial charge in [-0.3, -0.25) is 4.79 Å². The van der Waals surface area contributed by atoms with Gasteiger partial charge in [0, 0.05) is 6.54 Å². The molecule has 0 aliphatic heterocycles. The molecule has 0 aromatic heterocycles. The van der Waals surface area contributed by atoms with Crippen molar-refractivity contribution in [3.8, 4) is 0 Å². The molecule has 0 saturated carbocycles. The van der Waals surface area contributed by atoms with E-state index in [1.165, 1.54) is 0 Å². The molecule has 0 aliphatic carbocycles. The Morgan fingerprint density at radius 2 is 1.84 bits per heavy atom. The van der Waals surface area contributed by atoms with Crippen LogP contribution in [0.5, 0.6) is 0 Å². The Labute approximate surface area is 111 Å². The van der Waals surface area contributed by atoms with Crippen molar-refractivity contribution in [1.82, 2.24) is 0 Å². The zero-order chi connectivity index (χ0) is 13.7. The largest absolute Gasteiger partial charge is 0.481 e. The predicted molar refractivity (Wildman–Crippen MR) is 76.0 cm³/mol. The summed E-state index contributed by atoms with van der Waals surface area (Å²) in [4.78, 5) is 10.7. The van der Waals surface area contributed by atoms with Crippen LogP contribution in [0.25, 0.3) is 0 Å². The highest BCUT2D eigenvalue weighted by atomic mass is 16.4. The van der Waals surface area contributed by atoms with Gasteiger partial charge in [0.1, 0.15) is 0 Å². The van der Waals surface area contributed by atoms with E-state index in [1.807, 2.05) is 30.3 Å². The maximum atomic E-state index is 10.7. The van der Waals surface area contributed by atoms with Gasteiger partial charge >= 0.3 is 5.97 Å². The molecule has 4 nitrogen and oxygen atoms in total. The Morgan fingerprint density at radius 1 is 1.11 bits per heavy atom. The third-order valence-electron chi connectivity index (χ3n) is 2.80. The summed E-state index contributed by atoms with van der Waals surface area (Å²) in [6.45, 7) is 0.654. The monoisotopic (exact) mass is 256 g/mol.